The number of nitrogens with two attached hydrogens (primary N) is 1. The van der Waals surface area contributed by atoms with E-state index in [4.69, 9.17) is 5.73 Å². The van der Waals surface area contributed by atoms with E-state index in [1.54, 1.807) is 0 Å². The Morgan fingerprint density at radius 2 is 1.80 bits per heavy atom. The molecule has 5 rings (SSSR count). The third-order valence-corrected chi connectivity index (χ3v) is 5.65. The number of piperidine rings is 2. The molecule has 1 aromatic carbocycles. The van der Waals surface area contributed by atoms with Crippen LogP contribution >= 0.6 is 0 Å². The minimum atomic E-state index is 0.507. The molecule has 20 heavy (non-hydrogen) atoms. The number of hydrogen-bond donors (Lipinski definition) is 1. The van der Waals surface area contributed by atoms with E-state index >= 15 is 0 Å². The summed E-state index contributed by atoms with van der Waals surface area (Å²) in [7, 11) is 0. The smallest absolute Gasteiger partial charge is 0.0235 e. The maximum Gasteiger partial charge on any atom is 0.0235 e. The monoisotopic (exact) mass is 271 g/mol. The Morgan fingerprint density at radius 1 is 1.05 bits per heavy atom. The fraction of sp³-hybridized carbons (Fsp3) is 0.647. The zero-order valence-corrected chi connectivity index (χ0v) is 12.1. The molecular formula is C17H25N3. The topological polar surface area (TPSA) is 32.5 Å². The molecule has 1 saturated carbocycles. The van der Waals surface area contributed by atoms with Crippen molar-refractivity contribution in [2.75, 3.05) is 26.2 Å². The van der Waals surface area contributed by atoms with Crippen molar-refractivity contribution in [1.29, 1.82) is 0 Å². The average molecular weight is 271 g/mol. The average Bonchev–Trinajstić information content (AvgIpc) is 2.96. The molecule has 2 N–H and O–H groups in total. The Balaban J connectivity index is 1.32. The van der Waals surface area contributed by atoms with Crippen LogP contribution in [0, 0.1) is 11.8 Å². The van der Waals surface area contributed by atoms with Gasteiger partial charge in [0.2, 0.25) is 0 Å². The first-order valence-electron chi connectivity index (χ1n) is 8.05. The molecule has 0 spiro atoms. The predicted molar refractivity (Wildman–Crippen MR) is 81.3 cm³/mol. The lowest BCUT2D eigenvalue weighted by Crippen LogP contribution is -2.63. The van der Waals surface area contributed by atoms with Gasteiger partial charge in [0.1, 0.15) is 0 Å². The van der Waals surface area contributed by atoms with Crippen molar-refractivity contribution in [1.82, 2.24) is 9.80 Å². The van der Waals surface area contributed by atoms with E-state index in [0.29, 0.717) is 6.04 Å². The Hall–Kier alpha value is -0.900. The first-order valence-corrected chi connectivity index (χ1v) is 8.05. The van der Waals surface area contributed by atoms with Crippen LogP contribution in [0.25, 0.3) is 0 Å². The van der Waals surface area contributed by atoms with Crippen LogP contribution in [-0.2, 0) is 6.54 Å². The fourth-order valence-corrected chi connectivity index (χ4v) is 4.36. The van der Waals surface area contributed by atoms with Crippen molar-refractivity contribution in [3.05, 3.63) is 35.9 Å². The summed E-state index contributed by atoms with van der Waals surface area (Å²) in [5, 5.41) is 0. The standard InChI is InChI=1S/C17H25N3/c18-17-14-8-15(17)11-20(10-14)16-6-7-19(12-16)9-13-4-2-1-3-5-13/h1-5,14-17H,6-12,18H2. The molecule has 4 fully saturated rings. The van der Waals surface area contributed by atoms with Crippen molar-refractivity contribution in [3.63, 3.8) is 0 Å². The summed E-state index contributed by atoms with van der Waals surface area (Å²) < 4.78 is 0. The molecule has 3 unspecified atom stereocenters. The Kier molecular flexibility index (Phi) is 3.29. The Morgan fingerprint density at radius 3 is 2.50 bits per heavy atom. The number of nitrogens with zero attached hydrogens (tertiary/aromatic N) is 2. The molecular weight excluding hydrogens is 246 g/mol. The summed E-state index contributed by atoms with van der Waals surface area (Å²) in [6, 6.07) is 12.1. The highest BCUT2D eigenvalue weighted by molar-refractivity contribution is 5.14. The molecule has 0 radical (unpaired) electrons. The van der Waals surface area contributed by atoms with Crippen LogP contribution in [0.4, 0.5) is 0 Å². The SMILES string of the molecule is NC1C2CC1CN(C1CCN(Cc3ccccc3)C1)C2. The highest BCUT2D eigenvalue weighted by atomic mass is 15.3. The van der Waals surface area contributed by atoms with Gasteiger partial charge in [0.05, 0.1) is 0 Å². The lowest BCUT2D eigenvalue weighted by atomic mass is 9.66. The van der Waals surface area contributed by atoms with E-state index in [0.717, 1.165) is 24.4 Å². The maximum absolute atomic E-state index is 6.18. The Bertz CT molecular complexity index is 449. The molecule has 3 atom stereocenters. The van der Waals surface area contributed by atoms with Gasteiger partial charge < -0.3 is 5.73 Å². The minimum absolute atomic E-state index is 0.507. The van der Waals surface area contributed by atoms with Crippen LogP contribution in [0.1, 0.15) is 18.4 Å². The van der Waals surface area contributed by atoms with Crippen LogP contribution in [0.3, 0.4) is 0 Å². The van der Waals surface area contributed by atoms with Crippen molar-refractivity contribution in [2.45, 2.75) is 31.5 Å². The fourth-order valence-electron chi connectivity index (χ4n) is 4.36. The highest BCUT2D eigenvalue weighted by Gasteiger charge is 2.46. The van der Waals surface area contributed by atoms with Crippen LogP contribution in [-0.4, -0.2) is 48.1 Å². The molecule has 3 heteroatoms. The second-order valence-electron chi connectivity index (χ2n) is 6.95. The normalized spacial score (nSPS) is 37.9. The van der Waals surface area contributed by atoms with E-state index in [1.807, 2.05) is 0 Å². The number of rotatable bonds is 3. The number of likely N-dealkylation sites (tertiary alicyclic amines) is 1. The third kappa shape index (κ3) is 2.28. The molecule has 4 aliphatic rings. The summed E-state index contributed by atoms with van der Waals surface area (Å²) in [5.41, 5.74) is 7.62. The van der Waals surface area contributed by atoms with Crippen LogP contribution in [0.2, 0.25) is 0 Å². The van der Waals surface area contributed by atoms with E-state index in [9.17, 15) is 0 Å². The summed E-state index contributed by atoms with van der Waals surface area (Å²) in [5.74, 6) is 1.58. The second-order valence-corrected chi connectivity index (χ2v) is 6.95. The van der Waals surface area contributed by atoms with Crippen LogP contribution in [0.15, 0.2) is 30.3 Å². The van der Waals surface area contributed by atoms with Gasteiger partial charge in [-0.05, 0) is 30.2 Å². The zero-order chi connectivity index (χ0) is 13.5. The van der Waals surface area contributed by atoms with E-state index in [1.165, 1.54) is 44.6 Å². The predicted octanol–water partition coefficient (Wildman–Crippen LogP) is 1.54. The first-order chi connectivity index (χ1) is 9.79. The summed E-state index contributed by atoms with van der Waals surface area (Å²) in [6.45, 7) is 6.10. The van der Waals surface area contributed by atoms with Gasteiger partial charge >= 0.3 is 0 Å². The van der Waals surface area contributed by atoms with Crippen molar-refractivity contribution in [2.24, 2.45) is 17.6 Å². The van der Waals surface area contributed by atoms with Gasteiger partial charge in [0.25, 0.3) is 0 Å². The largest absolute Gasteiger partial charge is 0.327 e. The number of fused-ring (bicyclic) bond motifs is 2. The molecule has 0 aromatic heterocycles. The number of benzene rings is 1. The summed E-state index contributed by atoms with van der Waals surface area (Å²) in [4.78, 5) is 5.34. The molecule has 3 aliphatic heterocycles. The van der Waals surface area contributed by atoms with Gasteiger partial charge in [-0.25, -0.2) is 0 Å². The van der Waals surface area contributed by atoms with E-state index < -0.39 is 0 Å². The molecule has 3 nitrogen and oxygen atoms in total. The molecule has 0 amide bonds. The van der Waals surface area contributed by atoms with Crippen molar-refractivity contribution < 1.29 is 0 Å². The van der Waals surface area contributed by atoms with Gasteiger partial charge in [0.15, 0.2) is 0 Å². The highest BCUT2D eigenvalue weighted by Crippen LogP contribution is 2.40. The molecule has 3 heterocycles. The van der Waals surface area contributed by atoms with Crippen molar-refractivity contribution in [3.8, 4) is 0 Å². The summed E-state index contributed by atoms with van der Waals surface area (Å²) >= 11 is 0. The van der Waals surface area contributed by atoms with Crippen molar-refractivity contribution >= 4 is 0 Å². The quantitative estimate of drug-likeness (QED) is 0.905. The number of hydrogen-bond acceptors (Lipinski definition) is 3. The summed E-state index contributed by atoms with van der Waals surface area (Å²) in [6.07, 6.45) is 2.72. The van der Waals surface area contributed by atoms with Gasteiger partial charge in [-0.15, -0.1) is 0 Å². The molecule has 108 valence electrons. The molecule has 1 aromatic rings. The Labute approximate surface area is 121 Å². The molecule has 2 bridgehead atoms. The maximum atomic E-state index is 6.18. The first kappa shape index (κ1) is 12.8. The van der Waals surface area contributed by atoms with Crippen LogP contribution < -0.4 is 5.73 Å². The molecule has 1 aliphatic carbocycles. The van der Waals surface area contributed by atoms with Gasteiger partial charge in [-0.1, -0.05) is 30.3 Å². The minimum Gasteiger partial charge on any atom is -0.327 e. The molecule has 3 saturated heterocycles. The lowest BCUT2D eigenvalue weighted by molar-refractivity contribution is -0.0177. The second kappa shape index (κ2) is 5.14. The lowest BCUT2D eigenvalue weighted by Gasteiger charge is -2.53. The van der Waals surface area contributed by atoms with E-state index in [2.05, 4.69) is 40.1 Å². The van der Waals surface area contributed by atoms with Gasteiger partial charge in [-0.2, -0.15) is 0 Å². The van der Waals surface area contributed by atoms with E-state index in [-0.39, 0.29) is 0 Å². The van der Waals surface area contributed by atoms with Gasteiger partial charge in [-0.3, -0.25) is 9.80 Å². The third-order valence-electron chi connectivity index (χ3n) is 5.65. The van der Waals surface area contributed by atoms with Crippen LogP contribution in [0.5, 0.6) is 0 Å². The zero-order valence-electron chi connectivity index (χ0n) is 12.1. The van der Waals surface area contributed by atoms with Gasteiger partial charge in [0, 0.05) is 44.8 Å².